The summed E-state index contributed by atoms with van der Waals surface area (Å²) in [5.74, 6) is -0.553. The fourth-order valence-corrected chi connectivity index (χ4v) is 12.0. The van der Waals surface area contributed by atoms with E-state index in [4.69, 9.17) is 37.0 Å². The summed E-state index contributed by atoms with van der Waals surface area (Å²) in [6.45, 7) is 9.52. The van der Waals surface area contributed by atoms with Gasteiger partial charge in [0, 0.05) is 25.7 Å². The van der Waals surface area contributed by atoms with E-state index in [1.54, 1.807) is 0 Å². The standard InChI is InChI=1S/C69H134O17P2/c1-7-9-11-13-15-33-39-45-51-66(71)79-57-64(85-68(73)53-47-41-34-16-14-12-10-8-2)59-83-87(75,76)81-55-63(70)56-82-88(77,78)84-60-65(58-80-67(72)52-46-40-35-29-25-22-21-24-28-32-38-44-50-62(5)6)86-69(74)54-48-42-36-30-26-20-18-17-19-23-27-31-37-43-49-61(3)4/h61-65,70H,7-60H2,1-6H3,(H,75,76)(H,77,78)/t63-,64+,65+/m0/s1. The van der Waals surface area contributed by atoms with E-state index in [-0.39, 0.29) is 25.7 Å². The second-order valence-corrected chi connectivity index (χ2v) is 28.8. The number of esters is 4. The Balaban J connectivity index is 5.19. The number of aliphatic hydroxyl groups is 1. The van der Waals surface area contributed by atoms with Gasteiger partial charge < -0.3 is 33.8 Å². The first-order chi connectivity index (χ1) is 42.4. The van der Waals surface area contributed by atoms with Gasteiger partial charge in [0.15, 0.2) is 12.2 Å². The van der Waals surface area contributed by atoms with Crippen LogP contribution in [0.4, 0.5) is 0 Å². The van der Waals surface area contributed by atoms with Crippen molar-refractivity contribution in [3.8, 4) is 0 Å². The molecule has 0 aliphatic rings. The van der Waals surface area contributed by atoms with Gasteiger partial charge in [-0.15, -0.1) is 0 Å². The molecule has 0 aromatic heterocycles. The number of rotatable bonds is 68. The van der Waals surface area contributed by atoms with Gasteiger partial charge in [-0.2, -0.15) is 0 Å². The van der Waals surface area contributed by atoms with E-state index in [0.717, 1.165) is 115 Å². The van der Waals surface area contributed by atoms with Gasteiger partial charge in [-0.25, -0.2) is 9.13 Å². The zero-order chi connectivity index (χ0) is 65.0. The molecular formula is C69H134O17P2. The topological polar surface area (TPSA) is 237 Å². The number of unbranched alkanes of at least 4 members (excludes halogenated alkanes) is 38. The minimum absolute atomic E-state index is 0.105. The molecule has 2 unspecified atom stereocenters. The van der Waals surface area contributed by atoms with Crippen molar-refractivity contribution in [2.24, 2.45) is 11.8 Å². The van der Waals surface area contributed by atoms with Crippen molar-refractivity contribution in [1.29, 1.82) is 0 Å². The van der Waals surface area contributed by atoms with Gasteiger partial charge in [-0.1, -0.05) is 298 Å². The average molecular weight is 1300 g/mol. The second-order valence-electron chi connectivity index (χ2n) is 25.9. The highest BCUT2D eigenvalue weighted by molar-refractivity contribution is 7.47. The summed E-state index contributed by atoms with van der Waals surface area (Å²) in [6, 6.07) is 0. The molecule has 0 rings (SSSR count). The zero-order valence-corrected chi connectivity index (χ0v) is 58.8. The Kier molecular flexibility index (Phi) is 59.9. The Morgan fingerprint density at radius 2 is 0.523 bits per heavy atom. The minimum Gasteiger partial charge on any atom is -0.462 e. The van der Waals surface area contributed by atoms with Crippen LogP contribution in [0.15, 0.2) is 0 Å². The lowest BCUT2D eigenvalue weighted by Gasteiger charge is -2.21. The van der Waals surface area contributed by atoms with E-state index < -0.39 is 97.5 Å². The molecule has 19 heteroatoms. The molecule has 0 radical (unpaired) electrons. The van der Waals surface area contributed by atoms with E-state index in [0.29, 0.717) is 25.7 Å². The van der Waals surface area contributed by atoms with Crippen LogP contribution in [-0.2, 0) is 65.4 Å². The molecule has 17 nitrogen and oxygen atoms in total. The Morgan fingerprint density at radius 1 is 0.307 bits per heavy atom. The Morgan fingerprint density at radius 3 is 0.773 bits per heavy atom. The molecule has 0 amide bonds. The Bertz CT molecular complexity index is 1720. The number of hydrogen-bond donors (Lipinski definition) is 3. The first-order valence-electron chi connectivity index (χ1n) is 36.0. The molecule has 88 heavy (non-hydrogen) atoms. The average Bonchev–Trinajstić information content (AvgIpc) is 3.62. The largest absolute Gasteiger partial charge is 0.472 e. The summed E-state index contributed by atoms with van der Waals surface area (Å²) < 4.78 is 68.1. The van der Waals surface area contributed by atoms with Crippen molar-refractivity contribution < 1.29 is 80.2 Å². The normalized spacial score (nSPS) is 14.2. The maximum Gasteiger partial charge on any atom is 0.472 e. The lowest BCUT2D eigenvalue weighted by molar-refractivity contribution is -0.161. The first-order valence-corrected chi connectivity index (χ1v) is 39.0. The van der Waals surface area contributed by atoms with Crippen molar-refractivity contribution in [3.05, 3.63) is 0 Å². The van der Waals surface area contributed by atoms with Crippen molar-refractivity contribution in [3.63, 3.8) is 0 Å². The van der Waals surface area contributed by atoms with Crippen LogP contribution in [0, 0.1) is 11.8 Å². The molecule has 522 valence electrons. The predicted molar refractivity (Wildman–Crippen MR) is 354 cm³/mol. The molecular weight excluding hydrogens is 1160 g/mol. The smallest absolute Gasteiger partial charge is 0.462 e. The summed E-state index contributed by atoms with van der Waals surface area (Å²) in [6.07, 6.45) is 45.9. The van der Waals surface area contributed by atoms with Crippen LogP contribution in [-0.4, -0.2) is 96.7 Å². The lowest BCUT2D eigenvalue weighted by Crippen LogP contribution is -2.30. The Labute approximate surface area is 537 Å². The van der Waals surface area contributed by atoms with E-state index in [9.17, 15) is 43.2 Å². The van der Waals surface area contributed by atoms with E-state index in [1.807, 2.05) is 0 Å². The van der Waals surface area contributed by atoms with E-state index in [2.05, 4.69) is 41.5 Å². The molecule has 0 heterocycles. The molecule has 0 aliphatic carbocycles. The number of carbonyl (C=O) groups is 4. The van der Waals surface area contributed by atoms with Crippen molar-refractivity contribution >= 4 is 39.5 Å². The predicted octanol–water partition coefficient (Wildman–Crippen LogP) is 19.6. The van der Waals surface area contributed by atoms with Crippen LogP contribution in [0.5, 0.6) is 0 Å². The SMILES string of the molecule is CCCCCCCCCCC(=O)OC[C@H](COP(=O)(O)OC[C@H](O)COP(=O)(O)OC[C@@H](COC(=O)CCCCCCCCCCCCCCC(C)C)OC(=O)CCCCCCCCCCCCCCCCC(C)C)OC(=O)CCCCCCCCCC. The maximum absolute atomic E-state index is 13.0. The van der Waals surface area contributed by atoms with Crippen LogP contribution in [0.1, 0.15) is 350 Å². The third-order valence-electron chi connectivity index (χ3n) is 16.0. The number of carbonyl (C=O) groups excluding carboxylic acids is 4. The van der Waals surface area contributed by atoms with Crippen molar-refractivity contribution in [1.82, 2.24) is 0 Å². The van der Waals surface area contributed by atoms with Gasteiger partial charge in [0.1, 0.15) is 19.3 Å². The molecule has 0 fully saturated rings. The van der Waals surface area contributed by atoms with Crippen molar-refractivity contribution in [2.75, 3.05) is 39.6 Å². The lowest BCUT2D eigenvalue weighted by atomic mass is 10.0. The summed E-state index contributed by atoms with van der Waals surface area (Å²) >= 11 is 0. The highest BCUT2D eigenvalue weighted by Gasteiger charge is 2.30. The molecule has 5 atom stereocenters. The molecule has 0 saturated heterocycles. The summed E-state index contributed by atoms with van der Waals surface area (Å²) in [4.78, 5) is 72.3. The summed E-state index contributed by atoms with van der Waals surface area (Å²) in [5, 5.41) is 10.6. The molecule has 0 spiro atoms. The Hall–Kier alpha value is -1.94. The fraction of sp³-hybridized carbons (Fsp3) is 0.942. The molecule has 3 N–H and O–H groups in total. The second kappa shape index (κ2) is 61.3. The van der Waals surface area contributed by atoms with Gasteiger partial charge >= 0.3 is 39.5 Å². The first kappa shape index (κ1) is 86.1. The molecule has 0 saturated carbocycles. The van der Waals surface area contributed by atoms with Crippen LogP contribution in [0.2, 0.25) is 0 Å². The van der Waals surface area contributed by atoms with Crippen molar-refractivity contribution in [2.45, 2.75) is 368 Å². The molecule has 0 bridgehead atoms. The van der Waals surface area contributed by atoms with Gasteiger partial charge in [0.25, 0.3) is 0 Å². The van der Waals surface area contributed by atoms with Gasteiger partial charge in [0.05, 0.1) is 26.4 Å². The monoisotopic (exact) mass is 1300 g/mol. The minimum atomic E-state index is -4.95. The number of hydrogen-bond acceptors (Lipinski definition) is 15. The van der Waals surface area contributed by atoms with Crippen LogP contribution in [0.25, 0.3) is 0 Å². The fourth-order valence-electron chi connectivity index (χ4n) is 10.4. The molecule has 0 aromatic rings. The summed E-state index contributed by atoms with van der Waals surface area (Å²) in [7, 11) is -9.89. The maximum atomic E-state index is 13.0. The summed E-state index contributed by atoms with van der Waals surface area (Å²) in [5.41, 5.74) is 0. The molecule has 0 aromatic carbocycles. The number of aliphatic hydroxyl groups excluding tert-OH is 1. The van der Waals surface area contributed by atoms with E-state index >= 15 is 0 Å². The quantitative estimate of drug-likeness (QED) is 0.0222. The van der Waals surface area contributed by atoms with Crippen LogP contribution >= 0.6 is 15.6 Å². The number of ether oxygens (including phenoxy) is 4. The van der Waals surface area contributed by atoms with Crippen LogP contribution < -0.4 is 0 Å². The number of phosphoric ester groups is 2. The zero-order valence-electron chi connectivity index (χ0n) is 57.0. The van der Waals surface area contributed by atoms with E-state index in [1.165, 1.54) is 154 Å². The number of phosphoric acid groups is 2. The van der Waals surface area contributed by atoms with Crippen LogP contribution in [0.3, 0.4) is 0 Å². The van der Waals surface area contributed by atoms with Gasteiger partial charge in [-0.05, 0) is 37.5 Å². The third-order valence-corrected chi connectivity index (χ3v) is 17.9. The third kappa shape index (κ3) is 62.8. The molecule has 0 aliphatic heterocycles. The highest BCUT2D eigenvalue weighted by atomic mass is 31.2. The van der Waals surface area contributed by atoms with Gasteiger partial charge in [0.2, 0.25) is 0 Å². The van der Waals surface area contributed by atoms with Gasteiger partial charge in [-0.3, -0.25) is 37.3 Å². The highest BCUT2D eigenvalue weighted by Crippen LogP contribution is 2.45.